The standard InChI is InChI=1S/C10H23NO3/c1-10(2)14-9-3-4-11(5-7-12)6-8-13/h10,12-13H,3-9H2,1-2H3. The van der Waals surface area contributed by atoms with Gasteiger partial charge in [-0.3, -0.25) is 4.90 Å². The van der Waals surface area contributed by atoms with Crippen molar-refractivity contribution in [1.29, 1.82) is 0 Å². The van der Waals surface area contributed by atoms with E-state index in [0.717, 1.165) is 19.6 Å². The second-order valence-electron chi connectivity index (χ2n) is 3.56. The van der Waals surface area contributed by atoms with Crippen LogP contribution >= 0.6 is 0 Å². The Hall–Kier alpha value is -0.160. The fourth-order valence-corrected chi connectivity index (χ4v) is 1.23. The zero-order chi connectivity index (χ0) is 10.8. The van der Waals surface area contributed by atoms with Crippen molar-refractivity contribution in [3.8, 4) is 0 Å². The molecule has 0 aliphatic carbocycles. The molecule has 4 nitrogen and oxygen atoms in total. The van der Waals surface area contributed by atoms with E-state index in [1.54, 1.807) is 0 Å². The van der Waals surface area contributed by atoms with E-state index in [1.165, 1.54) is 0 Å². The minimum atomic E-state index is 0.144. The number of nitrogens with zero attached hydrogens (tertiary/aromatic N) is 1. The number of ether oxygens (including phenoxy) is 1. The quantitative estimate of drug-likeness (QED) is 0.524. The van der Waals surface area contributed by atoms with Crippen LogP contribution in [0.5, 0.6) is 0 Å². The summed E-state index contributed by atoms with van der Waals surface area (Å²) in [5.74, 6) is 0. The molecule has 0 radical (unpaired) electrons. The molecule has 14 heavy (non-hydrogen) atoms. The molecule has 0 aromatic carbocycles. The molecule has 0 heterocycles. The molecule has 0 aliphatic heterocycles. The highest BCUT2D eigenvalue weighted by Crippen LogP contribution is 1.94. The summed E-state index contributed by atoms with van der Waals surface area (Å²) in [6.07, 6.45) is 1.22. The lowest BCUT2D eigenvalue weighted by Crippen LogP contribution is -2.31. The van der Waals surface area contributed by atoms with Crippen LogP contribution in [0.3, 0.4) is 0 Å². The first-order chi connectivity index (χ1) is 6.70. The zero-order valence-electron chi connectivity index (χ0n) is 9.28. The van der Waals surface area contributed by atoms with Gasteiger partial charge in [0.05, 0.1) is 19.3 Å². The topological polar surface area (TPSA) is 52.9 Å². The molecular weight excluding hydrogens is 182 g/mol. The maximum Gasteiger partial charge on any atom is 0.0558 e. The summed E-state index contributed by atoms with van der Waals surface area (Å²) in [7, 11) is 0. The van der Waals surface area contributed by atoms with Crippen LogP contribution in [0.4, 0.5) is 0 Å². The van der Waals surface area contributed by atoms with Crippen molar-refractivity contribution in [3.63, 3.8) is 0 Å². The largest absolute Gasteiger partial charge is 0.395 e. The van der Waals surface area contributed by atoms with E-state index in [2.05, 4.69) is 0 Å². The van der Waals surface area contributed by atoms with Gasteiger partial charge in [-0.05, 0) is 20.3 Å². The van der Waals surface area contributed by atoms with Crippen molar-refractivity contribution in [1.82, 2.24) is 4.90 Å². The second kappa shape index (κ2) is 9.40. The Labute approximate surface area is 86.5 Å². The van der Waals surface area contributed by atoms with Crippen LogP contribution in [-0.4, -0.2) is 60.7 Å². The summed E-state index contributed by atoms with van der Waals surface area (Å²) in [6, 6.07) is 0. The summed E-state index contributed by atoms with van der Waals surface area (Å²) < 4.78 is 5.40. The maximum absolute atomic E-state index is 8.75. The summed E-state index contributed by atoms with van der Waals surface area (Å²) in [4.78, 5) is 2.03. The summed E-state index contributed by atoms with van der Waals surface area (Å²) in [5, 5.41) is 17.5. The number of aliphatic hydroxyl groups excluding tert-OH is 2. The zero-order valence-corrected chi connectivity index (χ0v) is 9.28. The van der Waals surface area contributed by atoms with Crippen molar-refractivity contribution >= 4 is 0 Å². The van der Waals surface area contributed by atoms with Crippen molar-refractivity contribution in [2.75, 3.05) is 39.5 Å². The Morgan fingerprint density at radius 3 is 2.07 bits per heavy atom. The molecule has 0 fully saturated rings. The molecule has 0 bridgehead atoms. The highest BCUT2D eigenvalue weighted by Gasteiger charge is 2.02. The summed E-state index contributed by atoms with van der Waals surface area (Å²) in [5.41, 5.74) is 0. The van der Waals surface area contributed by atoms with Gasteiger partial charge in [-0.15, -0.1) is 0 Å². The molecule has 0 saturated carbocycles. The van der Waals surface area contributed by atoms with Gasteiger partial charge in [-0.25, -0.2) is 0 Å². The molecular formula is C10H23NO3. The average Bonchev–Trinajstić information content (AvgIpc) is 2.12. The van der Waals surface area contributed by atoms with Gasteiger partial charge in [0.1, 0.15) is 0 Å². The van der Waals surface area contributed by atoms with Crippen LogP contribution in [0.2, 0.25) is 0 Å². The van der Waals surface area contributed by atoms with E-state index < -0.39 is 0 Å². The minimum absolute atomic E-state index is 0.144. The molecule has 0 aromatic heterocycles. The third-order valence-electron chi connectivity index (χ3n) is 1.90. The molecule has 0 amide bonds. The highest BCUT2D eigenvalue weighted by molar-refractivity contribution is 4.56. The van der Waals surface area contributed by atoms with Crippen molar-refractivity contribution < 1.29 is 14.9 Å². The van der Waals surface area contributed by atoms with E-state index in [1.807, 2.05) is 18.7 Å². The second-order valence-corrected chi connectivity index (χ2v) is 3.56. The first kappa shape index (κ1) is 13.8. The first-order valence-electron chi connectivity index (χ1n) is 5.26. The number of rotatable bonds is 9. The van der Waals surface area contributed by atoms with Crippen LogP contribution in [0.15, 0.2) is 0 Å². The van der Waals surface area contributed by atoms with Gasteiger partial charge in [0, 0.05) is 26.2 Å². The smallest absolute Gasteiger partial charge is 0.0558 e. The SMILES string of the molecule is CC(C)OCCCN(CCO)CCO. The molecule has 0 aliphatic rings. The van der Waals surface area contributed by atoms with Crippen molar-refractivity contribution in [3.05, 3.63) is 0 Å². The molecule has 4 heteroatoms. The monoisotopic (exact) mass is 205 g/mol. The van der Waals surface area contributed by atoms with Gasteiger partial charge < -0.3 is 14.9 Å². The molecule has 0 spiro atoms. The average molecular weight is 205 g/mol. The molecule has 0 unspecified atom stereocenters. The van der Waals surface area contributed by atoms with Gasteiger partial charge in [0.15, 0.2) is 0 Å². The Balaban J connectivity index is 3.40. The summed E-state index contributed by atoms with van der Waals surface area (Å²) in [6.45, 7) is 7.18. The summed E-state index contributed by atoms with van der Waals surface area (Å²) >= 11 is 0. The first-order valence-corrected chi connectivity index (χ1v) is 5.26. The Morgan fingerprint density at radius 1 is 1.07 bits per heavy atom. The van der Waals surface area contributed by atoms with Crippen LogP contribution in [0, 0.1) is 0 Å². The fourth-order valence-electron chi connectivity index (χ4n) is 1.23. The van der Waals surface area contributed by atoms with E-state index >= 15 is 0 Å². The minimum Gasteiger partial charge on any atom is -0.395 e. The van der Waals surface area contributed by atoms with E-state index in [-0.39, 0.29) is 19.3 Å². The predicted molar refractivity (Wildman–Crippen MR) is 56.3 cm³/mol. The van der Waals surface area contributed by atoms with Crippen LogP contribution in [0.1, 0.15) is 20.3 Å². The highest BCUT2D eigenvalue weighted by atomic mass is 16.5. The Bertz CT molecular complexity index is 114. The van der Waals surface area contributed by atoms with Gasteiger partial charge in [0.2, 0.25) is 0 Å². The van der Waals surface area contributed by atoms with Gasteiger partial charge in [-0.1, -0.05) is 0 Å². The lowest BCUT2D eigenvalue weighted by Gasteiger charge is -2.20. The number of hydrogen-bond acceptors (Lipinski definition) is 4. The van der Waals surface area contributed by atoms with Crippen molar-refractivity contribution in [2.45, 2.75) is 26.4 Å². The van der Waals surface area contributed by atoms with E-state index in [9.17, 15) is 0 Å². The van der Waals surface area contributed by atoms with E-state index in [4.69, 9.17) is 14.9 Å². The maximum atomic E-state index is 8.75. The molecule has 0 rings (SSSR count). The molecule has 86 valence electrons. The number of aliphatic hydroxyl groups is 2. The molecule has 0 saturated heterocycles. The Morgan fingerprint density at radius 2 is 1.64 bits per heavy atom. The normalized spacial score (nSPS) is 11.6. The lowest BCUT2D eigenvalue weighted by molar-refractivity contribution is 0.0669. The van der Waals surface area contributed by atoms with Gasteiger partial charge in [-0.2, -0.15) is 0 Å². The van der Waals surface area contributed by atoms with Gasteiger partial charge >= 0.3 is 0 Å². The van der Waals surface area contributed by atoms with Crippen LogP contribution in [-0.2, 0) is 4.74 Å². The lowest BCUT2D eigenvalue weighted by atomic mass is 10.3. The Kier molecular flexibility index (Phi) is 9.29. The third kappa shape index (κ3) is 8.44. The third-order valence-corrected chi connectivity index (χ3v) is 1.90. The fraction of sp³-hybridized carbons (Fsp3) is 1.00. The van der Waals surface area contributed by atoms with E-state index in [0.29, 0.717) is 13.1 Å². The van der Waals surface area contributed by atoms with Crippen molar-refractivity contribution in [2.24, 2.45) is 0 Å². The van der Waals surface area contributed by atoms with Crippen LogP contribution < -0.4 is 0 Å². The molecule has 0 atom stereocenters. The number of hydrogen-bond donors (Lipinski definition) is 2. The molecule has 0 aromatic rings. The predicted octanol–water partition coefficient (Wildman–Crippen LogP) is 0.0881. The molecule has 2 N–H and O–H groups in total. The van der Waals surface area contributed by atoms with Crippen LogP contribution in [0.25, 0.3) is 0 Å². The van der Waals surface area contributed by atoms with Gasteiger partial charge in [0.25, 0.3) is 0 Å².